The first-order valence-electron chi connectivity index (χ1n) is 8.74. The predicted molar refractivity (Wildman–Crippen MR) is 84.7 cm³/mol. The van der Waals surface area contributed by atoms with E-state index < -0.39 is 5.60 Å². The van der Waals surface area contributed by atoms with E-state index in [4.69, 9.17) is 4.74 Å². The van der Waals surface area contributed by atoms with Gasteiger partial charge in [-0.1, -0.05) is 6.42 Å². The SMILES string of the molecule is CC(=O)N[C@H]1CC2(CCN(C(=O)C3CCC3)CC2)OC[C@]1(C)O. The van der Waals surface area contributed by atoms with Crippen LogP contribution in [0.2, 0.25) is 0 Å². The molecule has 2 aliphatic heterocycles. The van der Waals surface area contributed by atoms with Gasteiger partial charge >= 0.3 is 0 Å². The fraction of sp³-hybridized carbons (Fsp3) is 0.882. The van der Waals surface area contributed by atoms with E-state index in [1.165, 1.54) is 13.3 Å². The molecule has 23 heavy (non-hydrogen) atoms. The van der Waals surface area contributed by atoms with Gasteiger partial charge in [0.05, 0.1) is 18.2 Å². The van der Waals surface area contributed by atoms with Crippen LogP contribution in [0, 0.1) is 5.92 Å². The Morgan fingerprint density at radius 2 is 1.91 bits per heavy atom. The van der Waals surface area contributed by atoms with Crippen molar-refractivity contribution in [2.45, 2.75) is 69.6 Å². The largest absolute Gasteiger partial charge is 0.386 e. The molecule has 0 radical (unpaired) electrons. The number of nitrogens with zero attached hydrogens (tertiary/aromatic N) is 1. The van der Waals surface area contributed by atoms with Gasteiger partial charge in [-0.3, -0.25) is 9.59 Å². The van der Waals surface area contributed by atoms with Gasteiger partial charge in [0, 0.05) is 25.9 Å². The highest BCUT2D eigenvalue weighted by molar-refractivity contribution is 5.79. The number of hydrogen-bond donors (Lipinski definition) is 2. The first kappa shape index (κ1) is 16.7. The van der Waals surface area contributed by atoms with Gasteiger partial charge in [0.25, 0.3) is 0 Å². The van der Waals surface area contributed by atoms with Crippen LogP contribution >= 0.6 is 0 Å². The van der Waals surface area contributed by atoms with Gasteiger partial charge in [0.2, 0.25) is 11.8 Å². The maximum atomic E-state index is 12.4. The average Bonchev–Trinajstić information content (AvgIpc) is 2.42. The molecule has 6 heteroatoms. The summed E-state index contributed by atoms with van der Waals surface area (Å²) in [6.07, 6.45) is 5.39. The molecule has 3 aliphatic rings. The quantitative estimate of drug-likeness (QED) is 0.788. The summed E-state index contributed by atoms with van der Waals surface area (Å²) in [6, 6.07) is -0.303. The first-order valence-corrected chi connectivity index (χ1v) is 8.74. The minimum absolute atomic E-state index is 0.134. The van der Waals surface area contributed by atoms with Crippen LogP contribution in [-0.4, -0.2) is 58.8 Å². The molecule has 1 aliphatic carbocycles. The van der Waals surface area contributed by atoms with Crippen LogP contribution in [0.15, 0.2) is 0 Å². The van der Waals surface area contributed by atoms with Gasteiger partial charge in [-0.2, -0.15) is 0 Å². The Morgan fingerprint density at radius 3 is 2.43 bits per heavy atom. The van der Waals surface area contributed by atoms with Gasteiger partial charge < -0.3 is 20.1 Å². The molecule has 0 aromatic heterocycles. The van der Waals surface area contributed by atoms with Crippen LogP contribution < -0.4 is 5.32 Å². The second kappa shape index (κ2) is 6.06. The predicted octanol–water partition coefficient (Wildman–Crippen LogP) is 0.824. The van der Waals surface area contributed by atoms with Crippen molar-refractivity contribution >= 4 is 11.8 Å². The van der Waals surface area contributed by atoms with Gasteiger partial charge in [-0.05, 0) is 39.0 Å². The number of nitrogens with one attached hydrogen (secondary N) is 1. The first-order chi connectivity index (χ1) is 10.8. The molecule has 3 fully saturated rings. The van der Waals surface area contributed by atoms with Crippen molar-refractivity contribution in [1.29, 1.82) is 0 Å². The molecule has 2 N–H and O–H groups in total. The van der Waals surface area contributed by atoms with Crippen LogP contribution in [0.1, 0.15) is 52.4 Å². The highest BCUT2D eigenvalue weighted by atomic mass is 16.5. The standard InChI is InChI=1S/C17H28N2O4/c1-12(20)18-14-10-17(23-11-16(14,2)22)6-8-19(9-7-17)15(21)13-4-3-5-13/h13-14,22H,3-11H2,1-2H3,(H,18,20)/t14-,16-/m0/s1. The summed E-state index contributed by atoms with van der Waals surface area (Å²) in [5.74, 6) is 0.404. The molecular formula is C17H28N2O4. The lowest BCUT2D eigenvalue weighted by Gasteiger charge is -2.51. The van der Waals surface area contributed by atoms with Crippen molar-refractivity contribution in [1.82, 2.24) is 10.2 Å². The number of rotatable bonds is 2. The van der Waals surface area contributed by atoms with Crippen molar-refractivity contribution in [3.05, 3.63) is 0 Å². The lowest BCUT2D eigenvalue weighted by Crippen LogP contribution is -2.64. The Morgan fingerprint density at radius 1 is 1.26 bits per heavy atom. The van der Waals surface area contributed by atoms with E-state index in [0.29, 0.717) is 25.4 Å². The van der Waals surface area contributed by atoms with Crippen LogP contribution in [0.4, 0.5) is 0 Å². The van der Waals surface area contributed by atoms with E-state index in [2.05, 4.69) is 5.32 Å². The summed E-state index contributed by atoms with van der Waals surface area (Å²) in [5.41, 5.74) is -1.37. The zero-order valence-electron chi connectivity index (χ0n) is 14.1. The smallest absolute Gasteiger partial charge is 0.225 e. The van der Waals surface area contributed by atoms with E-state index >= 15 is 0 Å². The summed E-state index contributed by atoms with van der Waals surface area (Å²) in [4.78, 5) is 25.7. The third kappa shape index (κ3) is 3.38. The van der Waals surface area contributed by atoms with Crippen LogP contribution in [-0.2, 0) is 14.3 Å². The van der Waals surface area contributed by atoms with Crippen LogP contribution in [0.5, 0.6) is 0 Å². The molecule has 0 unspecified atom stereocenters. The van der Waals surface area contributed by atoms with Crippen molar-refractivity contribution in [3.63, 3.8) is 0 Å². The van der Waals surface area contributed by atoms with Crippen molar-refractivity contribution in [2.75, 3.05) is 19.7 Å². The summed E-state index contributed by atoms with van der Waals surface area (Å²) >= 11 is 0. The Labute approximate surface area is 137 Å². The maximum Gasteiger partial charge on any atom is 0.225 e. The summed E-state index contributed by atoms with van der Waals surface area (Å²) in [6.45, 7) is 4.82. The molecule has 0 aromatic carbocycles. The van der Waals surface area contributed by atoms with E-state index in [1.807, 2.05) is 4.90 Å². The van der Waals surface area contributed by atoms with Crippen LogP contribution in [0.25, 0.3) is 0 Å². The number of hydrogen-bond acceptors (Lipinski definition) is 4. The van der Waals surface area contributed by atoms with Gasteiger partial charge in [-0.15, -0.1) is 0 Å². The molecule has 1 saturated carbocycles. The van der Waals surface area contributed by atoms with Gasteiger partial charge in [-0.25, -0.2) is 0 Å². The van der Waals surface area contributed by atoms with E-state index in [9.17, 15) is 14.7 Å². The molecular weight excluding hydrogens is 296 g/mol. The molecule has 2 heterocycles. The summed E-state index contributed by atoms with van der Waals surface area (Å²) in [7, 11) is 0. The molecule has 1 spiro atoms. The van der Waals surface area contributed by atoms with E-state index in [-0.39, 0.29) is 30.1 Å². The number of carbonyl (C=O) groups is 2. The Hall–Kier alpha value is -1.14. The molecule has 2 atom stereocenters. The number of aliphatic hydroxyl groups is 1. The third-order valence-electron chi connectivity index (χ3n) is 5.82. The number of likely N-dealkylation sites (tertiary alicyclic amines) is 1. The molecule has 0 bridgehead atoms. The zero-order chi connectivity index (χ0) is 16.7. The summed E-state index contributed by atoms with van der Waals surface area (Å²) < 4.78 is 6.02. The Kier molecular flexibility index (Phi) is 4.40. The monoisotopic (exact) mass is 324 g/mol. The maximum absolute atomic E-state index is 12.4. The minimum atomic E-state index is -1.05. The third-order valence-corrected chi connectivity index (χ3v) is 5.82. The number of ether oxygens (including phenoxy) is 1. The molecule has 0 aromatic rings. The molecule has 6 nitrogen and oxygen atoms in total. The molecule has 2 saturated heterocycles. The second-order valence-corrected chi connectivity index (χ2v) is 7.74. The molecule has 2 amide bonds. The lowest BCUT2D eigenvalue weighted by atomic mass is 9.77. The average molecular weight is 324 g/mol. The van der Waals surface area contributed by atoms with E-state index in [1.54, 1.807) is 6.92 Å². The highest BCUT2D eigenvalue weighted by Crippen LogP contribution is 2.39. The highest BCUT2D eigenvalue weighted by Gasteiger charge is 2.49. The zero-order valence-corrected chi connectivity index (χ0v) is 14.1. The topological polar surface area (TPSA) is 78.9 Å². The van der Waals surface area contributed by atoms with Crippen LogP contribution in [0.3, 0.4) is 0 Å². The fourth-order valence-corrected chi connectivity index (χ4v) is 3.90. The number of carbonyl (C=O) groups excluding carboxylic acids is 2. The van der Waals surface area contributed by atoms with Crippen molar-refractivity contribution in [2.24, 2.45) is 5.92 Å². The van der Waals surface area contributed by atoms with Gasteiger partial charge in [0.1, 0.15) is 5.60 Å². The fourth-order valence-electron chi connectivity index (χ4n) is 3.90. The molecule has 3 rings (SSSR count). The normalized spacial score (nSPS) is 34.0. The van der Waals surface area contributed by atoms with Crippen molar-refractivity contribution in [3.8, 4) is 0 Å². The van der Waals surface area contributed by atoms with Gasteiger partial charge in [0.15, 0.2) is 0 Å². The van der Waals surface area contributed by atoms with E-state index in [0.717, 1.165) is 25.7 Å². The van der Waals surface area contributed by atoms with Crippen molar-refractivity contribution < 1.29 is 19.4 Å². The summed E-state index contributed by atoms with van der Waals surface area (Å²) in [5, 5.41) is 13.3. The Balaban J connectivity index is 1.60. The Bertz CT molecular complexity index is 479. The lowest BCUT2D eigenvalue weighted by molar-refractivity contribution is -0.194. The molecule has 130 valence electrons. The number of amides is 2. The second-order valence-electron chi connectivity index (χ2n) is 7.74. The minimum Gasteiger partial charge on any atom is -0.386 e. The number of piperidine rings is 1.